The van der Waals surface area contributed by atoms with Crippen LogP contribution in [-0.2, 0) is 4.74 Å². The Labute approximate surface area is 163 Å². The lowest BCUT2D eigenvalue weighted by molar-refractivity contribution is 0.0566. The monoisotopic (exact) mass is 368 g/mol. The lowest BCUT2D eigenvalue weighted by Crippen LogP contribution is -2.08. The molecule has 0 saturated carbocycles. The highest BCUT2D eigenvalue weighted by molar-refractivity contribution is 5.79. The molecule has 1 aromatic heterocycles. The largest absolute Gasteiger partial charge is 0.490 e. The van der Waals surface area contributed by atoms with Crippen LogP contribution in [0, 0.1) is 0 Å². The fourth-order valence-corrected chi connectivity index (χ4v) is 2.78. The minimum atomic E-state index is 0.338. The Bertz CT molecular complexity index is 727. The molecule has 2 aromatic rings. The first-order chi connectivity index (χ1) is 13.2. The van der Waals surface area contributed by atoms with Crippen molar-refractivity contribution in [2.75, 3.05) is 13.2 Å². The standard InChI is InChI=1S/C23H32N2O2/c1-4-6-10-16-26-19(3)11-8-7-9-12-23-24-18-20-17-21(27-15-5-2)13-14-22(20)25-23/h5,9,12-14,17-19H,2,4,6-8,10-11,15-16H2,1,3H3. The molecule has 0 fully saturated rings. The highest BCUT2D eigenvalue weighted by Gasteiger charge is 2.02. The number of aromatic nitrogens is 2. The first-order valence-corrected chi connectivity index (χ1v) is 10.0. The van der Waals surface area contributed by atoms with Crippen LogP contribution in [0.1, 0.15) is 58.2 Å². The summed E-state index contributed by atoms with van der Waals surface area (Å²) < 4.78 is 11.4. The molecule has 0 spiro atoms. The van der Waals surface area contributed by atoms with Gasteiger partial charge in [-0.25, -0.2) is 9.97 Å². The maximum atomic E-state index is 5.83. The van der Waals surface area contributed by atoms with E-state index in [0.29, 0.717) is 12.7 Å². The van der Waals surface area contributed by atoms with Crippen molar-refractivity contribution in [3.8, 4) is 5.75 Å². The number of benzene rings is 1. The van der Waals surface area contributed by atoms with Gasteiger partial charge in [-0.15, -0.1) is 0 Å². The minimum absolute atomic E-state index is 0.338. The van der Waals surface area contributed by atoms with Crippen LogP contribution in [0.3, 0.4) is 0 Å². The zero-order valence-corrected chi connectivity index (χ0v) is 16.7. The topological polar surface area (TPSA) is 44.2 Å². The summed E-state index contributed by atoms with van der Waals surface area (Å²) in [6.07, 6.45) is 14.9. The number of rotatable bonds is 13. The molecule has 0 saturated heterocycles. The quantitative estimate of drug-likeness (QED) is 0.322. The van der Waals surface area contributed by atoms with Gasteiger partial charge in [-0.1, -0.05) is 38.5 Å². The summed E-state index contributed by atoms with van der Waals surface area (Å²) in [6.45, 7) is 9.41. The average molecular weight is 369 g/mol. The molecule has 1 aromatic carbocycles. The normalized spacial score (nSPS) is 12.5. The van der Waals surface area contributed by atoms with Gasteiger partial charge in [0.25, 0.3) is 0 Å². The Morgan fingerprint density at radius 1 is 1.22 bits per heavy atom. The second kappa shape index (κ2) is 12.2. The zero-order chi connectivity index (χ0) is 19.3. The highest BCUT2D eigenvalue weighted by Crippen LogP contribution is 2.19. The first-order valence-electron chi connectivity index (χ1n) is 10.0. The molecule has 4 nitrogen and oxygen atoms in total. The number of ether oxygens (including phenoxy) is 2. The Morgan fingerprint density at radius 2 is 2.11 bits per heavy atom. The van der Waals surface area contributed by atoms with Crippen LogP contribution < -0.4 is 4.74 Å². The van der Waals surface area contributed by atoms with E-state index in [1.807, 2.05) is 30.5 Å². The van der Waals surface area contributed by atoms with E-state index in [1.165, 1.54) is 19.3 Å². The van der Waals surface area contributed by atoms with E-state index in [1.54, 1.807) is 6.08 Å². The van der Waals surface area contributed by atoms with Gasteiger partial charge in [-0.2, -0.15) is 0 Å². The van der Waals surface area contributed by atoms with Crippen molar-refractivity contribution >= 4 is 17.0 Å². The molecule has 0 aliphatic heterocycles. The molecule has 0 amide bonds. The predicted molar refractivity (Wildman–Crippen MR) is 113 cm³/mol. The summed E-state index contributed by atoms with van der Waals surface area (Å²) in [5, 5.41) is 0.975. The van der Waals surface area contributed by atoms with Crippen molar-refractivity contribution in [2.45, 2.75) is 58.5 Å². The Balaban J connectivity index is 1.76. The smallest absolute Gasteiger partial charge is 0.152 e. The van der Waals surface area contributed by atoms with E-state index >= 15 is 0 Å². The van der Waals surface area contributed by atoms with Crippen molar-refractivity contribution in [2.24, 2.45) is 0 Å². The third-order valence-electron chi connectivity index (χ3n) is 4.34. The summed E-state index contributed by atoms with van der Waals surface area (Å²) in [5.74, 6) is 1.55. The Hall–Kier alpha value is -2.20. The van der Waals surface area contributed by atoms with E-state index in [0.717, 1.165) is 48.3 Å². The van der Waals surface area contributed by atoms with Crippen LogP contribution in [0.25, 0.3) is 17.0 Å². The van der Waals surface area contributed by atoms with Crippen LogP contribution >= 0.6 is 0 Å². The van der Waals surface area contributed by atoms with Gasteiger partial charge in [0.1, 0.15) is 12.4 Å². The van der Waals surface area contributed by atoms with Crippen molar-refractivity contribution in [3.05, 3.63) is 49.0 Å². The number of fused-ring (bicyclic) bond motifs is 1. The molecular weight excluding hydrogens is 336 g/mol. The van der Waals surface area contributed by atoms with E-state index in [-0.39, 0.29) is 0 Å². The fourth-order valence-electron chi connectivity index (χ4n) is 2.78. The number of hydrogen-bond acceptors (Lipinski definition) is 4. The molecule has 4 heteroatoms. The molecule has 27 heavy (non-hydrogen) atoms. The summed E-state index contributed by atoms with van der Waals surface area (Å²) >= 11 is 0. The van der Waals surface area contributed by atoms with E-state index < -0.39 is 0 Å². The van der Waals surface area contributed by atoms with Gasteiger partial charge in [0, 0.05) is 18.2 Å². The lowest BCUT2D eigenvalue weighted by Gasteiger charge is -2.11. The van der Waals surface area contributed by atoms with Crippen molar-refractivity contribution < 1.29 is 9.47 Å². The van der Waals surface area contributed by atoms with Gasteiger partial charge in [-0.3, -0.25) is 0 Å². The van der Waals surface area contributed by atoms with E-state index in [4.69, 9.17) is 9.47 Å². The van der Waals surface area contributed by atoms with Crippen molar-refractivity contribution in [1.82, 2.24) is 9.97 Å². The molecule has 0 aliphatic rings. The molecule has 0 bridgehead atoms. The maximum absolute atomic E-state index is 5.83. The second-order valence-electron chi connectivity index (χ2n) is 6.77. The molecule has 2 rings (SSSR count). The molecule has 0 N–H and O–H groups in total. The van der Waals surface area contributed by atoms with Crippen LogP contribution in [0.15, 0.2) is 43.1 Å². The Kier molecular flexibility index (Phi) is 9.56. The second-order valence-corrected chi connectivity index (χ2v) is 6.77. The summed E-state index contributed by atoms with van der Waals surface area (Å²) in [4.78, 5) is 9.01. The molecule has 0 radical (unpaired) electrons. The molecule has 1 heterocycles. The number of unbranched alkanes of at least 4 members (excludes halogenated alkanes) is 3. The summed E-state index contributed by atoms with van der Waals surface area (Å²) in [5.41, 5.74) is 0.921. The van der Waals surface area contributed by atoms with Gasteiger partial charge in [0.05, 0.1) is 11.6 Å². The average Bonchev–Trinajstić information content (AvgIpc) is 2.69. The van der Waals surface area contributed by atoms with E-state index in [9.17, 15) is 0 Å². The van der Waals surface area contributed by atoms with Crippen molar-refractivity contribution in [1.29, 1.82) is 0 Å². The fraction of sp³-hybridized carbons (Fsp3) is 0.478. The SMILES string of the molecule is C=CCOc1ccc2nc(C=CCCCC(C)OCCCCC)ncc2c1. The number of allylic oxidation sites excluding steroid dienone is 1. The Morgan fingerprint density at radius 3 is 2.93 bits per heavy atom. The molecular formula is C23H32N2O2. The van der Waals surface area contributed by atoms with Gasteiger partial charge in [0.15, 0.2) is 5.82 Å². The molecule has 1 atom stereocenters. The lowest BCUT2D eigenvalue weighted by atomic mass is 10.1. The van der Waals surface area contributed by atoms with Crippen LogP contribution in [0.2, 0.25) is 0 Å². The van der Waals surface area contributed by atoms with Crippen LogP contribution in [0.5, 0.6) is 5.75 Å². The predicted octanol–water partition coefficient (Wildman–Crippen LogP) is 5.97. The first kappa shape index (κ1) is 21.1. The van der Waals surface area contributed by atoms with E-state index in [2.05, 4.69) is 36.5 Å². The van der Waals surface area contributed by atoms with Crippen LogP contribution in [0.4, 0.5) is 0 Å². The zero-order valence-electron chi connectivity index (χ0n) is 16.7. The van der Waals surface area contributed by atoms with Gasteiger partial charge in [-0.05, 0) is 56.9 Å². The third-order valence-corrected chi connectivity index (χ3v) is 4.34. The maximum Gasteiger partial charge on any atom is 0.152 e. The number of nitrogens with zero attached hydrogens (tertiary/aromatic N) is 2. The summed E-state index contributed by atoms with van der Waals surface area (Å²) in [6, 6.07) is 5.84. The minimum Gasteiger partial charge on any atom is -0.490 e. The van der Waals surface area contributed by atoms with Gasteiger partial charge < -0.3 is 9.47 Å². The summed E-state index contributed by atoms with van der Waals surface area (Å²) in [7, 11) is 0. The van der Waals surface area contributed by atoms with Gasteiger partial charge in [0.2, 0.25) is 0 Å². The highest BCUT2D eigenvalue weighted by atomic mass is 16.5. The molecule has 1 unspecified atom stereocenters. The van der Waals surface area contributed by atoms with Gasteiger partial charge >= 0.3 is 0 Å². The van der Waals surface area contributed by atoms with Crippen molar-refractivity contribution in [3.63, 3.8) is 0 Å². The number of hydrogen-bond donors (Lipinski definition) is 0. The molecule has 146 valence electrons. The van der Waals surface area contributed by atoms with Crippen LogP contribution in [-0.4, -0.2) is 29.3 Å². The molecule has 0 aliphatic carbocycles. The third kappa shape index (κ3) is 7.92.